The van der Waals surface area contributed by atoms with Gasteiger partial charge in [0.25, 0.3) is 0 Å². The molecule has 1 aromatic rings. The van der Waals surface area contributed by atoms with Crippen LogP contribution in [0.4, 0.5) is 0 Å². The molecule has 5 nitrogen and oxygen atoms in total. The highest BCUT2D eigenvalue weighted by Gasteiger charge is 2.14. The predicted octanol–water partition coefficient (Wildman–Crippen LogP) is -0.602. The third kappa shape index (κ3) is 2.05. The van der Waals surface area contributed by atoms with Gasteiger partial charge >= 0.3 is 5.97 Å². The molecule has 1 heterocycles. The first-order chi connectivity index (χ1) is 6.33. The van der Waals surface area contributed by atoms with Crippen molar-refractivity contribution >= 4 is 5.97 Å². The van der Waals surface area contributed by atoms with Crippen LogP contribution in [0.25, 0.3) is 0 Å². The lowest BCUT2D eigenvalue weighted by atomic mass is 10.2. The first kappa shape index (κ1) is 4.50. The van der Waals surface area contributed by atoms with Crippen LogP contribution in [-0.2, 0) is 11.2 Å². The van der Waals surface area contributed by atoms with Crippen LogP contribution in [0.5, 0.6) is 0 Å². The lowest BCUT2D eigenvalue weighted by Crippen LogP contribution is -2.22. The van der Waals surface area contributed by atoms with Gasteiger partial charge in [0.2, 0.25) is 0 Å². The van der Waals surface area contributed by atoms with Gasteiger partial charge in [-0.2, -0.15) is 0 Å². The number of hydrogen-bond acceptors (Lipinski definition) is 3. The zero-order valence-electron chi connectivity index (χ0n) is 8.46. The number of aliphatic hydroxyl groups is 1. The van der Waals surface area contributed by atoms with E-state index in [0.717, 1.165) is 0 Å². The van der Waals surface area contributed by atoms with Crippen LogP contribution in [-0.4, -0.2) is 32.2 Å². The minimum absolute atomic E-state index is 0.0695. The average Bonchev–Trinajstić information content (AvgIpc) is 2.29. The van der Waals surface area contributed by atoms with E-state index >= 15 is 0 Å². The summed E-state index contributed by atoms with van der Waals surface area (Å²) in [4.78, 5) is 16.1. The number of rotatable bonds is 3. The van der Waals surface area contributed by atoms with Crippen molar-refractivity contribution in [3.63, 3.8) is 0 Å². The molecule has 1 unspecified atom stereocenters. The first-order valence-corrected chi connectivity index (χ1v) is 2.81. The molecule has 5 heteroatoms. The van der Waals surface area contributed by atoms with Gasteiger partial charge in [0, 0.05) is 18.8 Å². The van der Waals surface area contributed by atoms with Crippen molar-refractivity contribution in [2.24, 2.45) is 0 Å². The molecule has 0 aliphatic carbocycles. The van der Waals surface area contributed by atoms with E-state index in [1.54, 1.807) is 0 Å². The summed E-state index contributed by atoms with van der Waals surface area (Å²) in [6, 6.07) is 0. The highest BCUT2D eigenvalue weighted by molar-refractivity contribution is 5.72. The molecule has 60 valence electrons. The molecule has 0 saturated carbocycles. The zero-order chi connectivity index (χ0) is 10.9. The summed E-state index contributed by atoms with van der Waals surface area (Å²) in [5, 5.41) is 17.4. The van der Waals surface area contributed by atoms with Crippen molar-refractivity contribution in [2.75, 3.05) is 0 Å². The number of carboxylic acid groups (broad SMARTS) is 1. The van der Waals surface area contributed by atoms with E-state index in [1.807, 2.05) is 0 Å². The summed E-state index contributed by atoms with van der Waals surface area (Å²) in [6.07, 6.45) is -3.90. The summed E-state index contributed by atoms with van der Waals surface area (Å²) in [6.45, 7) is 0. The van der Waals surface area contributed by atoms with Crippen LogP contribution in [0.15, 0.2) is 12.3 Å². The molecule has 1 aromatic heterocycles. The number of carbonyl (C=O) groups is 1. The van der Waals surface area contributed by atoms with Gasteiger partial charge in [-0.3, -0.25) is 0 Å². The predicted molar refractivity (Wildman–Crippen MR) is 35.9 cm³/mol. The number of nitrogens with one attached hydrogen (secondary N) is 1. The topological polar surface area (TPSA) is 86.2 Å². The lowest BCUT2D eigenvalue weighted by molar-refractivity contribution is -0.146. The Hall–Kier alpha value is -1.36. The maximum absolute atomic E-state index is 10.3. The molecule has 1 atom stereocenters. The Balaban J connectivity index is 2.84. The van der Waals surface area contributed by atoms with E-state index in [0.29, 0.717) is 0 Å². The fraction of sp³-hybridized carbons (Fsp3) is 0.333. The molecule has 0 aliphatic heterocycles. The van der Waals surface area contributed by atoms with Gasteiger partial charge < -0.3 is 15.2 Å². The molecule has 1 rings (SSSR count). The Kier molecular flexibility index (Phi) is 1.29. The van der Waals surface area contributed by atoms with E-state index in [-0.39, 0.29) is 18.2 Å². The molecule has 11 heavy (non-hydrogen) atoms. The van der Waals surface area contributed by atoms with E-state index in [9.17, 15) is 4.79 Å². The van der Waals surface area contributed by atoms with Crippen molar-refractivity contribution in [3.05, 3.63) is 18.2 Å². The quantitative estimate of drug-likeness (QED) is 0.549. The second kappa shape index (κ2) is 3.16. The third-order valence-corrected chi connectivity index (χ3v) is 1.04. The molecule has 0 saturated heterocycles. The maximum Gasteiger partial charge on any atom is 0.332 e. The maximum atomic E-state index is 10.3. The number of aliphatic carboxylic acids is 1. The normalized spacial score (nSPS) is 19.5. The average molecular weight is 159 g/mol. The number of aromatic amines is 1. The monoisotopic (exact) mass is 159 g/mol. The minimum Gasteiger partial charge on any atom is -0.479 e. The number of carboxylic acids is 1. The number of H-pyrrole nitrogens is 1. The highest BCUT2D eigenvalue weighted by Crippen LogP contribution is 1.95. The number of aromatic nitrogens is 2. The van der Waals surface area contributed by atoms with E-state index in [1.165, 1.54) is 0 Å². The molecular formula is C6H8N2O3. The smallest absolute Gasteiger partial charge is 0.332 e. The number of hydrogen-bond donors (Lipinski definition) is 3. The Morgan fingerprint density at radius 3 is 3.27 bits per heavy atom. The fourth-order valence-corrected chi connectivity index (χ4v) is 0.541. The Morgan fingerprint density at radius 1 is 2.09 bits per heavy atom. The second-order valence-corrected chi connectivity index (χ2v) is 1.85. The highest BCUT2D eigenvalue weighted by atomic mass is 16.4. The van der Waals surface area contributed by atoms with Crippen molar-refractivity contribution in [3.8, 4) is 0 Å². The van der Waals surface area contributed by atoms with Crippen molar-refractivity contribution in [1.29, 1.82) is 0 Å². The summed E-state index contributed by atoms with van der Waals surface area (Å²) < 4.78 is 21.1. The first-order valence-electron chi connectivity index (χ1n) is 4.31. The van der Waals surface area contributed by atoms with Gasteiger partial charge in [0.1, 0.15) is 5.82 Å². The summed E-state index contributed by atoms with van der Waals surface area (Å²) in [5.41, 5.74) is 0. The largest absolute Gasteiger partial charge is 0.479 e. The molecule has 0 aromatic carbocycles. The van der Waals surface area contributed by atoms with Gasteiger partial charge in [-0.15, -0.1) is 0 Å². The molecule has 0 fully saturated rings. The molecule has 3 N–H and O–H groups in total. The van der Waals surface area contributed by atoms with Gasteiger partial charge in [0.15, 0.2) is 6.08 Å². The summed E-state index contributed by atoms with van der Waals surface area (Å²) >= 11 is 0. The minimum atomic E-state index is -2.68. The van der Waals surface area contributed by atoms with Crippen LogP contribution >= 0.6 is 0 Å². The van der Waals surface area contributed by atoms with E-state index in [4.69, 9.17) is 14.3 Å². The SMILES string of the molecule is [2H]c1nc(CC([2H])(O)C(=O)O)[nH]c1[2H]. The molecule has 0 radical (unpaired) electrons. The Labute approximate surface area is 66.9 Å². The molecular weight excluding hydrogens is 148 g/mol. The molecule has 0 spiro atoms. The summed E-state index contributed by atoms with van der Waals surface area (Å²) in [7, 11) is 0. The van der Waals surface area contributed by atoms with E-state index < -0.39 is 18.5 Å². The summed E-state index contributed by atoms with van der Waals surface area (Å²) in [5.74, 6) is -1.77. The van der Waals surface area contributed by atoms with Crippen LogP contribution in [0.1, 0.15) is 9.94 Å². The van der Waals surface area contributed by atoms with Crippen LogP contribution < -0.4 is 0 Å². The van der Waals surface area contributed by atoms with Crippen molar-refractivity contribution in [2.45, 2.75) is 12.5 Å². The van der Waals surface area contributed by atoms with E-state index in [2.05, 4.69) is 9.97 Å². The molecule has 0 bridgehead atoms. The van der Waals surface area contributed by atoms with Gasteiger partial charge in [-0.25, -0.2) is 9.78 Å². The number of nitrogens with zero attached hydrogens (tertiary/aromatic N) is 1. The fourth-order valence-electron chi connectivity index (χ4n) is 0.541. The number of imidazole rings is 1. The Bertz CT molecular complexity index is 344. The third-order valence-electron chi connectivity index (χ3n) is 1.04. The zero-order valence-corrected chi connectivity index (χ0v) is 5.46. The van der Waals surface area contributed by atoms with Crippen molar-refractivity contribution < 1.29 is 19.1 Å². The van der Waals surface area contributed by atoms with Crippen molar-refractivity contribution in [1.82, 2.24) is 9.97 Å². The standard InChI is InChI=1S/C6H8N2O3/c9-4(6(10)11)3-5-7-1-2-8-5/h1-2,4,9H,3H2,(H,7,8)(H,10,11)/i1D,2D,4D. The van der Waals surface area contributed by atoms with Gasteiger partial charge in [-0.1, -0.05) is 0 Å². The van der Waals surface area contributed by atoms with Gasteiger partial charge in [0.05, 0.1) is 4.11 Å². The lowest BCUT2D eigenvalue weighted by Gasteiger charge is -2.00. The van der Waals surface area contributed by atoms with Crippen LogP contribution in [0.3, 0.4) is 0 Å². The Morgan fingerprint density at radius 2 is 2.82 bits per heavy atom. The second-order valence-electron chi connectivity index (χ2n) is 1.85. The van der Waals surface area contributed by atoms with Crippen LogP contribution in [0.2, 0.25) is 0 Å². The molecule has 0 amide bonds. The molecule has 0 aliphatic rings. The van der Waals surface area contributed by atoms with Gasteiger partial charge in [-0.05, 0) is 0 Å². The van der Waals surface area contributed by atoms with Crippen LogP contribution in [0, 0.1) is 0 Å².